The van der Waals surface area contributed by atoms with Crippen molar-refractivity contribution >= 4 is 32.7 Å². The summed E-state index contributed by atoms with van der Waals surface area (Å²) in [6, 6.07) is 15.4. The summed E-state index contributed by atoms with van der Waals surface area (Å²) in [6.07, 6.45) is 1.54. The third-order valence-electron chi connectivity index (χ3n) is 3.80. The molecule has 25 heavy (non-hydrogen) atoms. The van der Waals surface area contributed by atoms with Crippen LogP contribution in [-0.4, -0.2) is 20.1 Å². The smallest absolute Gasteiger partial charge is 0.257 e. The highest BCUT2D eigenvalue weighted by atomic mass is 79.9. The predicted octanol–water partition coefficient (Wildman–Crippen LogP) is 4.62. The van der Waals surface area contributed by atoms with Crippen LogP contribution in [0.1, 0.15) is 18.8 Å². The highest BCUT2D eigenvalue weighted by molar-refractivity contribution is 9.10. The van der Waals surface area contributed by atoms with Gasteiger partial charge >= 0.3 is 0 Å². The van der Waals surface area contributed by atoms with Gasteiger partial charge in [-0.1, -0.05) is 39.3 Å². The Hall–Kier alpha value is -2.80. The molecule has 2 aromatic heterocycles. The lowest BCUT2D eigenvalue weighted by Gasteiger charge is -2.12. The third kappa shape index (κ3) is 3.23. The first-order chi connectivity index (χ1) is 12.2. The normalized spacial score (nSPS) is 12.2. The van der Waals surface area contributed by atoms with Crippen molar-refractivity contribution in [2.45, 2.75) is 13.0 Å². The molecule has 0 amide bonds. The molecule has 0 aliphatic heterocycles. The summed E-state index contributed by atoms with van der Waals surface area (Å²) in [6.45, 7) is 1.96. The van der Waals surface area contributed by atoms with Gasteiger partial charge in [-0.25, -0.2) is 9.97 Å². The Morgan fingerprint density at radius 2 is 1.92 bits per heavy atom. The molecule has 4 aromatic rings. The van der Waals surface area contributed by atoms with Crippen LogP contribution in [0.5, 0.6) is 0 Å². The van der Waals surface area contributed by atoms with Crippen LogP contribution in [0.25, 0.3) is 22.4 Å². The molecule has 6 nitrogen and oxygen atoms in total. The molecule has 2 aromatic carbocycles. The zero-order valence-electron chi connectivity index (χ0n) is 13.3. The summed E-state index contributed by atoms with van der Waals surface area (Å²) in [7, 11) is 0. The summed E-state index contributed by atoms with van der Waals surface area (Å²) in [5.74, 6) is 1.80. The lowest BCUT2D eigenvalue weighted by molar-refractivity contribution is 0.420. The average molecular weight is 396 g/mol. The third-order valence-corrected chi connectivity index (χ3v) is 4.29. The fourth-order valence-electron chi connectivity index (χ4n) is 2.52. The summed E-state index contributed by atoms with van der Waals surface area (Å²) in [5.41, 5.74) is 1.76. The monoisotopic (exact) mass is 395 g/mol. The SMILES string of the molecule is CC(Nc1ncnc2ccc(Br)cc12)c1noc(-c2ccccc2)n1. The number of hydrogen-bond donors (Lipinski definition) is 1. The quantitative estimate of drug-likeness (QED) is 0.543. The van der Waals surface area contributed by atoms with Gasteiger partial charge in [0.2, 0.25) is 0 Å². The summed E-state index contributed by atoms with van der Waals surface area (Å²) in [4.78, 5) is 13.1. The molecule has 0 bridgehead atoms. The molecule has 0 spiro atoms. The molecule has 124 valence electrons. The van der Waals surface area contributed by atoms with Crippen LogP contribution in [0.4, 0.5) is 5.82 Å². The van der Waals surface area contributed by atoms with Crippen molar-refractivity contribution in [2.24, 2.45) is 0 Å². The van der Waals surface area contributed by atoms with Gasteiger partial charge in [0.15, 0.2) is 5.82 Å². The summed E-state index contributed by atoms with van der Waals surface area (Å²) in [5, 5.41) is 8.35. The van der Waals surface area contributed by atoms with Crippen LogP contribution < -0.4 is 5.32 Å². The molecular formula is C18H14BrN5O. The number of nitrogens with one attached hydrogen (secondary N) is 1. The zero-order valence-corrected chi connectivity index (χ0v) is 14.9. The second kappa shape index (κ2) is 6.60. The van der Waals surface area contributed by atoms with Crippen LogP contribution in [-0.2, 0) is 0 Å². The zero-order chi connectivity index (χ0) is 17.2. The minimum Gasteiger partial charge on any atom is -0.360 e. The molecule has 7 heteroatoms. The van der Waals surface area contributed by atoms with Crippen molar-refractivity contribution in [1.29, 1.82) is 0 Å². The van der Waals surface area contributed by atoms with E-state index in [9.17, 15) is 0 Å². The number of fused-ring (bicyclic) bond motifs is 1. The number of anilines is 1. The molecule has 1 atom stereocenters. The van der Waals surface area contributed by atoms with Gasteiger partial charge in [0, 0.05) is 15.4 Å². The lowest BCUT2D eigenvalue weighted by atomic mass is 10.2. The molecule has 1 N–H and O–H groups in total. The van der Waals surface area contributed by atoms with Crippen LogP contribution in [0.2, 0.25) is 0 Å². The molecule has 0 aliphatic carbocycles. The van der Waals surface area contributed by atoms with E-state index in [0.29, 0.717) is 11.7 Å². The van der Waals surface area contributed by atoms with Crippen molar-refractivity contribution in [1.82, 2.24) is 20.1 Å². The van der Waals surface area contributed by atoms with Crippen LogP contribution >= 0.6 is 15.9 Å². The molecular weight excluding hydrogens is 382 g/mol. The number of halogens is 1. The topological polar surface area (TPSA) is 76.7 Å². The van der Waals surface area contributed by atoms with Crippen molar-refractivity contribution in [3.05, 3.63) is 65.2 Å². The van der Waals surface area contributed by atoms with Crippen molar-refractivity contribution in [2.75, 3.05) is 5.32 Å². The Labute approximate surface area is 152 Å². The van der Waals surface area contributed by atoms with E-state index in [2.05, 4.69) is 41.4 Å². The maximum absolute atomic E-state index is 5.37. The van der Waals surface area contributed by atoms with Gasteiger partial charge in [0.05, 0.1) is 11.6 Å². The van der Waals surface area contributed by atoms with Crippen molar-refractivity contribution < 1.29 is 4.52 Å². The highest BCUT2D eigenvalue weighted by Gasteiger charge is 2.16. The molecule has 1 unspecified atom stereocenters. The average Bonchev–Trinajstić information content (AvgIpc) is 3.13. The van der Waals surface area contributed by atoms with Gasteiger partial charge < -0.3 is 9.84 Å². The molecule has 0 saturated heterocycles. The molecule has 2 heterocycles. The van der Waals surface area contributed by atoms with Gasteiger partial charge in [-0.3, -0.25) is 0 Å². The van der Waals surface area contributed by atoms with Gasteiger partial charge in [-0.15, -0.1) is 0 Å². The first-order valence-corrected chi connectivity index (χ1v) is 8.56. The number of nitrogens with zero attached hydrogens (tertiary/aromatic N) is 4. The number of benzene rings is 2. The maximum atomic E-state index is 5.37. The fraction of sp³-hybridized carbons (Fsp3) is 0.111. The molecule has 4 rings (SSSR count). The van der Waals surface area contributed by atoms with E-state index in [1.54, 1.807) is 0 Å². The second-order valence-electron chi connectivity index (χ2n) is 5.57. The van der Waals surface area contributed by atoms with E-state index >= 15 is 0 Å². The largest absolute Gasteiger partial charge is 0.360 e. The van der Waals surface area contributed by atoms with Gasteiger partial charge in [0.1, 0.15) is 12.1 Å². The Bertz CT molecular complexity index is 1020. The van der Waals surface area contributed by atoms with E-state index in [-0.39, 0.29) is 6.04 Å². The van der Waals surface area contributed by atoms with E-state index in [0.717, 1.165) is 26.8 Å². The summed E-state index contributed by atoms with van der Waals surface area (Å²) < 4.78 is 6.34. The van der Waals surface area contributed by atoms with E-state index in [4.69, 9.17) is 4.52 Å². The minimum atomic E-state index is -0.168. The number of aromatic nitrogens is 4. The Kier molecular flexibility index (Phi) is 4.15. The van der Waals surface area contributed by atoms with Crippen LogP contribution in [0, 0.1) is 0 Å². The Morgan fingerprint density at radius 3 is 2.76 bits per heavy atom. The lowest BCUT2D eigenvalue weighted by Crippen LogP contribution is -2.10. The van der Waals surface area contributed by atoms with Crippen LogP contribution in [0.15, 0.2) is 63.9 Å². The molecule has 0 fully saturated rings. The highest BCUT2D eigenvalue weighted by Crippen LogP contribution is 2.26. The number of hydrogen-bond acceptors (Lipinski definition) is 6. The van der Waals surface area contributed by atoms with Gasteiger partial charge in [-0.05, 0) is 37.3 Å². The fourth-order valence-corrected chi connectivity index (χ4v) is 2.88. The second-order valence-corrected chi connectivity index (χ2v) is 6.49. The first kappa shape index (κ1) is 15.7. The van der Waals surface area contributed by atoms with E-state index < -0.39 is 0 Å². The minimum absolute atomic E-state index is 0.168. The van der Waals surface area contributed by atoms with E-state index in [1.807, 2.05) is 55.5 Å². The molecule has 0 aliphatic rings. The standard InChI is InChI=1S/C18H14BrN5O/c1-11(16-23-18(25-24-16)12-5-3-2-4-6-12)22-17-14-9-13(19)7-8-15(14)20-10-21-17/h2-11H,1H3,(H,20,21,22). The summed E-state index contributed by atoms with van der Waals surface area (Å²) >= 11 is 3.48. The number of rotatable bonds is 4. The maximum Gasteiger partial charge on any atom is 0.257 e. The molecule has 0 saturated carbocycles. The van der Waals surface area contributed by atoms with Crippen molar-refractivity contribution in [3.8, 4) is 11.5 Å². The van der Waals surface area contributed by atoms with E-state index in [1.165, 1.54) is 6.33 Å². The van der Waals surface area contributed by atoms with Gasteiger partial charge in [-0.2, -0.15) is 4.98 Å². The molecule has 0 radical (unpaired) electrons. The Morgan fingerprint density at radius 1 is 1.08 bits per heavy atom. The van der Waals surface area contributed by atoms with Crippen molar-refractivity contribution in [3.63, 3.8) is 0 Å². The van der Waals surface area contributed by atoms with Gasteiger partial charge in [0.25, 0.3) is 5.89 Å². The van der Waals surface area contributed by atoms with Crippen LogP contribution in [0.3, 0.4) is 0 Å². The Balaban J connectivity index is 1.62. The predicted molar refractivity (Wildman–Crippen MR) is 99.0 cm³/mol. The first-order valence-electron chi connectivity index (χ1n) is 7.76.